The Balaban J connectivity index is 0.000000342. The van der Waals surface area contributed by atoms with Gasteiger partial charge in [0.15, 0.2) is 7.29 Å². The smallest absolute Gasteiger partial charge is 0.298 e. The summed E-state index contributed by atoms with van der Waals surface area (Å²) >= 11 is 7.17. The van der Waals surface area contributed by atoms with E-state index in [-0.39, 0.29) is 5.41 Å². The first-order valence-corrected chi connectivity index (χ1v) is 43.0. The van der Waals surface area contributed by atoms with Crippen LogP contribution in [0.1, 0.15) is 45.7 Å². The van der Waals surface area contributed by atoms with E-state index in [1.807, 2.05) is 196 Å². The van der Waals surface area contributed by atoms with E-state index < -0.39 is 42.0 Å². The predicted octanol–water partition coefficient (Wildman–Crippen LogP) is 19.5. The van der Waals surface area contributed by atoms with Crippen molar-refractivity contribution >= 4 is 77.4 Å². The summed E-state index contributed by atoms with van der Waals surface area (Å²) in [4.78, 5) is 11.6. The molecule has 1 unspecified atom stereocenters. The maximum atomic E-state index is 11.9. The standard InChI is InChI=1S/C18H21O4P.C10H15O2P.C9H13O2P.C8H12NOP.C8H11O2P.C8H11PS2/c1-18(2,14-5-9-16(10-6-14)21-13-19)15-7-11-17(12-8-15)22-23(3,4)20;1-3-13(11,4-2)12-10-8-6-5-7-9-10;1-3-12(2,10)11-9-7-5-4-6-8-9;1-11(2,10)9-8-6-4-3-5-7-8;1-11(2,9)10-8-6-4-3-5-7-8;1-9(2,10)11-8-6-4-3-5-7-8/h5-13H,1-4H3;5-9H,3-4H2,1-2H3;4-8H,3H2,1-2H3;3-7H,1-2H3,(H,9,10);2*3-7H,1-2H3. The number of carbonyl (C=O) groups excluding carboxylic acids is 1. The highest BCUT2D eigenvalue weighted by molar-refractivity contribution is 8.70. The van der Waals surface area contributed by atoms with E-state index in [1.54, 1.807) is 70.9 Å². The van der Waals surface area contributed by atoms with Crippen molar-refractivity contribution < 1.29 is 50.5 Å². The van der Waals surface area contributed by atoms with Gasteiger partial charge < -0.3 is 32.5 Å². The lowest BCUT2D eigenvalue weighted by Crippen LogP contribution is -2.18. The minimum absolute atomic E-state index is 0.222. The summed E-state index contributed by atoms with van der Waals surface area (Å²) in [6.45, 7) is 26.1. The van der Waals surface area contributed by atoms with E-state index in [1.165, 1.54) is 4.90 Å². The average molecular weight is 1260 g/mol. The summed E-state index contributed by atoms with van der Waals surface area (Å²) in [6.07, 6.45) is 1.76. The van der Waals surface area contributed by atoms with Gasteiger partial charge in [-0.15, -0.1) is 0 Å². The van der Waals surface area contributed by atoms with Crippen LogP contribution in [0.5, 0.6) is 28.7 Å². The molecule has 1 atom stereocenters. The van der Waals surface area contributed by atoms with Gasteiger partial charge in [-0.1, -0.05) is 173 Å². The van der Waals surface area contributed by atoms with Crippen LogP contribution in [0.2, 0.25) is 0 Å². The second-order valence-corrected chi connectivity index (χ2v) is 44.1. The van der Waals surface area contributed by atoms with Gasteiger partial charge in [0.2, 0.25) is 29.5 Å². The van der Waals surface area contributed by atoms with Gasteiger partial charge in [-0.25, -0.2) is 0 Å². The number of hydrogen-bond acceptors (Lipinski definition) is 13. The largest absolute Gasteiger partial charge is 0.443 e. The Bertz CT molecular complexity index is 3030. The molecular formula is C61H83NO11P6S2. The molecule has 0 saturated carbocycles. The van der Waals surface area contributed by atoms with Crippen molar-refractivity contribution in [3.8, 4) is 28.7 Å². The highest BCUT2D eigenvalue weighted by Gasteiger charge is 2.24. The van der Waals surface area contributed by atoms with Crippen LogP contribution in [-0.4, -0.2) is 84.9 Å². The van der Waals surface area contributed by atoms with Crippen LogP contribution in [0.25, 0.3) is 0 Å². The number of hydrogen-bond donors (Lipinski definition) is 1. The molecule has 7 rings (SSSR count). The molecule has 7 aromatic rings. The monoisotopic (exact) mass is 1260 g/mol. The third-order valence-electron chi connectivity index (χ3n) is 10.6. The highest BCUT2D eigenvalue weighted by Crippen LogP contribution is 2.55. The number of benzene rings is 7. The Labute approximate surface area is 493 Å². The van der Waals surface area contributed by atoms with Crippen molar-refractivity contribution in [2.45, 2.75) is 44.9 Å². The number of carbonyl (C=O) groups is 1. The summed E-state index contributed by atoms with van der Waals surface area (Å²) < 4.78 is 83.7. The molecule has 81 heavy (non-hydrogen) atoms. The van der Waals surface area contributed by atoms with Crippen molar-refractivity contribution in [2.24, 2.45) is 0 Å². The maximum absolute atomic E-state index is 11.9. The molecule has 0 aromatic heterocycles. The van der Waals surface area contributed by atoms with E-state index in [9.17, 15) is 27.6 Å². The molecule has 1 N–H and O–H groups in total. The minimum Gasteiger partial charge on any atom is -0.443 e. The quantitative estimate of drug-likeness (QED) is 0.0601. The molecule has 7 aromatic carbocycles. The molecule has 0 spiro atoms. The molecule has 20 heteroatoms. The molecule has 0 aliphatic heterocycles. The highest BCUT2D eigenvalue weighted by atomic mass is 32.9. The zero-order chi connectivity index (χ0) is 60.8. The first-order chi connectivity index (χ1) is 37.8. The minimum atomic E-state index is -2.56. The van der Waals surface area contributed by atoms with Gasteiger partial charge in [0.1, 0.15) is 28.7 Å². The molecule has 0 heterocycles. The van der Waals surface area contributed by atoms with Crippen molar-refractivity contribution in [2.75, 3.05) is 83.6 Å². The van der Waals surface area contributed by atoms with Gasteiger partial charge in [0.25, 0.3) is 6.47 Å². The second kappa shape index (κ2) is 35.3. The fourth-order valence-electron chi connectivity index (χ4n) is 6.45. The van der Waals surface area contributed by atoms with Crippen molar-refractivity contribution in [1.82, 2.24) is 0 Å². The van der Waals surface area contributed by atoms with E-state index in [0.717, 1.165) is 16.8 Å². The van der Waals surface area contributed by atoms with E-state index >= 15 is 0 Å². The SMILES string of the molecule is CC(C)(c1ccc(OC=O)cc1)c1ccc(OP(C)(C)=O)cc1.CCP(=O)(CC)Oc1ccccc1.CCP(C)(=O)Oc1ccccc1.CP(C)(=O)Nc1ccccc1.CP(C)(=O)Oc1ccccc1.CP(C)(=S)Sc1ccccc1. The first-order valence-electron chi connectivity index (χ1n) is 26.0. The average Bonchev–Trinajstić information content (AvgIpc) is 3.40. The van der Waals surface area contributed by atoms with Crippen LogP contribution in [0.15, 0.2) is 205 Å². The number of ether oxygens (including phenoxy) is 1. The molecule has 0 amide bonds. The van der Waals surface area contributed by atoms with Gasteiger partial charge in [-0.05, 0) is 109 Å². The Kier molecular flexibility index (Phi) is 31.5. The predicted molar refractivity (Wildman–Crippen MR) is 353 cm³/mol. The molecule has 0 aliphatic carbocycles. The second-order valence-electron chi connectivity index (χ2n) is 20.0. The van der Waals surface area contributed by atoms with Crippen molar-refractivity contribution in [3.05, 3.63) is 211 Å². The number of rotatable bonds is 19. The van der Waals surface area contributed by atoms with Gasteiger partial charge in [-0.3, -0.25) is 23.1 Å². The van der Waals surface area contributed by atoms with Crippen molar-refractivity contribution in [1.29, 1.82) is 0 Å². The Hall–Kier alpha value is -4.84. The lowest BCUT2D eigenvalue weighted by molar-refractivity contribution is -0.120. The topological polar surface area (TPSA) is 161 Å². The first kappa shape index (κ1) is 72.3. The van der Waals surface area contributed by atoms with Gasteiger partial charge in [-0.2, -0.15) is 0 Å². The molecule has 0 aliphatic rings. The number of para-hydroxylation sites is 4. The normalized spacial score (nSPS) is 12.0. The van der Waals surface area contributed by atoms with Crippen LogP contribution in [-0.2, 0) is 44.8 Å². The van der Waals surface area contributed by atoms with Gasteiger partial charge >= 0.3 is 0 Å². The molecule has 12 nitrogen and oxygen atoms in total. The fraction of sp³-hybridized carbons (Fsp3) is 0.295. The van der Waals surface area contributed by atoms with Crippen LogP contribution in [0, 0.1) is 0 Å². The van der Waals surface area contributed by atoms with E-state index in [4.69, 9.17) is 34.6 Å². The van der Waals surface area contributed by atoms with Gasteiger partial charge in [0.05, 0.1) is 0 Å². The van der Waals surface area contributed by atoms with Crippen LogP contribution in [0.4, 0.5) is 5.69 Å². The van der Waals surface area contributed by atoms with Crippen molar-refractivity contribution in [3.63, 3.8) is 0 Å². The van der Waals surface area contributed by atoms with E-state index in [0.29, 0.717) is 53.7 Å². The molecular weight excluding hydrogens is 1170 g/mol. The third-order valence-corrected chi connectivity index (χ3v) is 20.4. The summed E-state index contributed by atoms with van der Waals surface area (Å²) in [5.74, 6) is 3.18. The molecule has 0 saturated heterocycles. The van der Waals surface area contributed by atoms with Crippen LogP contribution in [0.3, 0.4) is 0 Å². The summed E-state index contributed by atoms with van der Waals surface area (Å²) in [7, 11) is -11.9. The number of anilines is 1. The van der Waals surface area contributed by atoms with Crippen LogP contribution < -0.4 is 27.9 Å². The zero-order valence-electron chi connectivity index (χ0n) is 49.2. The lowest BCUT2D eigenvalue weighted by atomic mass is 9.78. The maximum Gasteiger partial charge on any atom is 0.298 e. The molecule has 0 fully saturated rings. The van der Waals surface area contributed by atoms with E-state index in [2.05, 4.69) is 44.4 Å². The molecule has 0 bridgehead atoms. The Morgan fingerprint density at radius 3 is 1.11 bits per heavy atom. The third kappa shape index (κ3) is 33.8. The molecule has 0 radical (unpaired) electrons. The van der Waals surface area contributed by atoms with Gasteiger partial charge in [0, 0.05) is 86.4 Å². The number of nitrogens with one attached hydrogen (secondary N) is 1. The molecule has 440 valence electrons. The fourth-order valence-corrected chi connectivity index (χ4v) is 13.8. The summed E-state index contributed by atoms with van der Waals surface area (Å²) in [5, 5.41) is 1.80. The Morgan fingerprint density at radius 1 is 0.444 bits per heavy atom. The van der Waals surface area contributed by atoms with Crippen LogP contribution >= 0.6 is 53.4 Å². The summed E-state index contributed by atoms with van der Waals surface area (Å²) in [6, 6.07) is 62.7. The zero-order valence-corrected chi connectivity index (χ0v) is 56.2. The Morgan fingerprint density at radius 2 is 0.778 bits per heavy atom. The summed E-state index contributed by atoms with van der Waals surface area (Å²) in [5.41, 5.74) is 2.90. The lowest BCUT2D eigenvalue weighted by Gasteiger charge is -2.26.